The molecule has 0 atom stereocenters. The minimum atomic E-state index is -0.470. The Bertz CT molecular complexity index is 1010. The van der Waals surface area contributed by atoms with Crippen molar-refractivity contribution in [2.24, 2.45) is 0 Å². The zero-order chi connectivity index (χ0) is 18.8. The SMILES string of the molecule is O=[N+]([O-])c1c(Nc2cccnc2Cl)ncnc1N1CCc2ccccc2C1. The molecule has 0 fully saturated rings. The average molecular weight is 383 g/mol. The number of rotatable bonds is 4. The lowest BCUT2D eigenvalue weighted by Crippen LogP contribution is -2.31. The third-order valence-corrected chi connectivity index (χ3v) is 4.73. The van der Waals surface area contributed by atoms with Crippen LogP contribution in [-0.4, -0.2) is 26.4 Å². The molecule has 0 spiro atoms. The Morgan fingerprint density at radius 2 is 1.93 bits per heavy atom. The summed E-state index contributed by atoms with van der Waals surface area (Å²) in [6, 6.07) is 11.4. The van der Waals surface area contributed by atoms with Crippen LogP contribution in [0.1, 0.15) is 11.1 Å². The molecule has 27 heavy (non-hydrogen) atoms. The number of nitro groups is 1. The van der Waals surface area contributed by atoms with Crippen LogP contribution >= 0.6 is 11.6 Å². The fourth-order valence-electron chi connectivity index (χ4n) is 3.14. The van der Waals surface area contributed by atoms with Crippen LogP contribution in [0.2, 0.25) is 5.15 Å². The smallest absolute Gasteiger partial charge is 0.346 e. The van der Waals surface area contributed by atoms with Crippen LogP contribution in [0, 0.1) is 10.1 Å². The molecule has 0 bridgehead atoms. The van der Waals surface area contributed by atoms with E-state index in [4.69, 9.17) is 11.6 Å². The molecule has 3 aromatic rings. The first-order chi connectivity index (χ1) is 13.1. The van der Waals surface area contributed by atoms with E-state index in [0.29, 0.717) is 18.8 Å². The normalized spacial score (nSPS) is 13.1. The van der Waals surface area contributed by atoms with E-state index >= 15 is 0 Å². The Balaban J connectivity index is 1.72. The zero-order valence-corrected chi connectivity index (χ0v) is 14.9. The number of fused-ring (bicyclic) bond motifs is 1. The van der Waals surface area contributed by atoms with Crippen molar-refractivity contribution in [1.29, 1.82) is 0 Å². The van der Waals surface area contributed by atoms with Crippen LogP contribution in [0.15, 0.2) is 48.9 Å². The van der Waals surface area contributed by atoms with Crippen molar-refractivity contribution in [2.75, 3.05) is 16.8 Å². The summed E-state index contributed by atoms with van der Waals surface area (Å²) in [5.74, 6) is 0.366. The van der Waals surface area contributed by atoms with Crippen LogP contribution in [0.5, 0.6) is 0 Å². The third-order valence-electron chi connectivity index (χ3n) is 4.43. The van der Waals surface area contributed by atoms with E-state index in [-0.39, 0.29) is 22.5 Å². The van der Waals surface area contributed by atoms with Gasteiger partial charge in [-0.1, -0.05) is 35.9 Å². The molecule has 1 aromatic carbocycles. The minimum absolute atomic E-state index is 0.0822. The highest BCUT2D eigenvalue weighted by molar-refractivity contribution is 6.32. The molecule has 2 aromatic heterocycles. The van der Waals surface area contributed by atoms with Crippen LogP contribution in [0.4, 0.5) is 23.0 Å². The van der Waals surface area contributed by atoms with Crippen LogP contribution in [0.3, 0.4) is 0 Å². The highest BCUT2D eigenvalue weighted by Gasteiger charge is 2.29. The number of nitrogens with zero attached hydrogens (tertiary/aromatic N) is 5. The molecule has 3 heterocycles. The lowest BCUT2D eigenvalue weighted by atomic mass is 10.00. The Hall–Kier alpha value is -3.26. The predicted molar refractivity (Wildman–Crippen MR) is 102 cm³/mol. The molecule has 0 saturated heterocycles. The van der Waals surface area contributed by atoms with E-state index in [1.54, 1.807) is 18.3 Å². The fourth-order valence-corrected chi connectivity index (χ4v) is 3.31. The van der Waals surface area contributed by atoms with Crippen molar-refractivity contribution in [2.45, 2.75) is 13.0 Å². The van der Waals surface area contributed by atoms with E-state index in [0.717, 1.165) is 12.0 Å². The molecule has 0 unspecified atom stereocenters. The quantitative estimate of drug-likeness (QED) is 0.417. The number of aromatic nitrogens is 3. The van der Waals surface area contributed by atoms with Gasteiger partial charge in [0.25, 0.3) is 0 Å². The molecular weight excluding hydrogens is 368 g/mol. The molecule has 0 saturated carbocycles. The third kappa shape index (κ3) is 3.39. The van der Waals surface area contributed by atoms with Gasteiger partial charge in [-0.15, -0.1) is 0 Å². The van der Waals surface area contributed by atoms with E-state index in [1.807, 2.05) is 23.1 Å². The van der Waals surface area contributed by atoms with Crippen LogP contribution in [0.25, 0.3) is 0 Å². The molecule has 4 rings (SSSR count). The monoisotopic (exact) mass is 382 g/mol. The highest BCUT2D eigenvalue weighted by atomic mass is 35.5. The van der Waals surface area contributed by atoms with Gasteiger partial charge in [-0.25, -0.2) is 15.0 Å². The number of pyridine rings is 1. The second-order valence-electron chi connectivity index (χ2n) is 6.06. The Morgan fingerprint density at radius 3 is 2.70 bits per heavy atom. The van der Waals surface area contributed by atoms with Crippen molar-refractivity contribution < 1.29 is 4.92 Å². The van der Waals surface area contributed by atoms with Gasteiger partial charge in [0, 0.05) is 19.3 Å². The molecule has 136 valence electrons. The maximum atomic E-state index is 11.8. The number of anilines is 3. The minimum Gasteiger partial charge on any atom is -0.346 e. The topological polar surface area (TPSA) is 97.1 Å². The Morgan fingerprint density at radius 1 is 1.11 bits per heavy atom. The van der Waals surface area contributed by atoms with Gasteiger partial charge in [-0.05, 0) is 29.7 Å². The maximum absolute atomic E-state index is 11.8. The number of nitrogens with one attached hydrogen (secondary N) is 1. The van der Waals surface area contributed by atoms with Crippen molar-refractivity contribution in [1.82, 2.24) is 15.0 Å². The largest absolute Gasteiger partial charge is 0.353 e. The zero-order valence-electron chi connectivity index (χ0n) is 14.2. The number of hydrogen-bond acceptors (Lipinski definition) is 7. The van der Waals surface area contributed by atoms with Gasteiger partial charge >= 0.3 is 5.69 Å². The lowest BCUT2D eigenvalue weighted by molar-refractivity contribution is -0.383. The second-order valence-corrected chi connectivity index (χ2v) is 6.42. The van der Waals surface area contributed by atoms with Gasteiger partial charge in [0.1, 0.15) is 6.33 Å². The summed E-state index contributed by atoms with van der Waals surface area (Å²) in [5.41, 5.74) is 2.65. The average Bonchev–Trinajstić information content (AvgIpc) is 2.69. The second kappa shape index (κ2) is 7.16. The Kier molecular flexibility index (Phi) is 4.55. The fraction of sp³-hybridized carbons (Fsp3) is 0.167. The van der Waals surface area contributed by atoms with Crippen molar-refractivity contribution in [3.8, 4) is 0 Å². The maximum Gasteiger partial charge on any atom is 0.353 e. The standard InChI is InChI=1S/C18H15ClN6O2/c19-16-14(6-3-8-20-16)23-17-15(25(26)27)18(22-11-21-17)24-9-7-12-4-1-2-5-13(12)10-24/h1-6,8,11H,7,9-10H2,(H,21,22,23). The summed E-state index contributed by atoms with van der Waals surface area (Å²) in [5, 5.41) is 14.9. The molecule has 1 N–H and O–H groups in total. The number of hydrogen-bond donors (Lipinski definition) is 1. The van der Waals surface area contributed by atoms with Crippen molar-refractivity contribution in [3.63, 3.8) is 0 Å². The molecule has 1 aliphatic heterocycles. The summed E-state index contributed by atoms with van der Waals surface area (Å²) in [6.07, 6.45) is 3.66. The lowest BCUT2D eigenvalue weighted by Gasteiger charge is -2.29. The van der Waals surface area contributed by atoms with Gasteiger partial charge < -0.3 is 10.2 Å². The first-order valence-corrected chi connectivity index (χ1v) is 8.70. The van der Waals surface area contributed by atoms with Crippen LogP contribution in [-0.2, 0) is 13.0 Å². The van der Waals surface area contributed by atoms with Gasteiger partial charge in [-0.2, -0.15) is 0 Å². The molecule has 0 aliphatic carbocycles. The molecule has 0 radical (unpaired) electrons. The summed E-state index contributed by atoms with van der Waals surface area (Å²) in [6.45, 7) is 1.20. The van der Waals surface area contributed by atoms with Gasteiger partial charge in [0.15, 0.2) is 5.15 Å². The van der Waals surface area contributed by atoms with E-state index in [9.17, 15) is 10.1 Å². The van der Waals surface area contributed by atoms with E-state index in [2.05, 4.69) is 26.3 Å². The highest BCUT2D eigenvalue weighted by Crippen LogP contribution is 2.36. The van der Waals surface area contributed by atoms with Gasteiger partial charge in [0.05, 0.1) is 10.6 Å². The molecule has 8 nitrogen and oxygen atoms in total. The first kappa shape index (κ1) is 17.2. The van der Waals surface area contributed by atoms with Gasteiger partial charge in [0.2, 0.25) is 11.6 Å². The molecular formula is C18H15ClN6O2. The number of halogens is 1. The van der Waals surface area contributed by atoms with Crippen LogP contribution < -0.4 is 10.2 Å². The first-order valence-electron chi connectivity index (χ1n) is 8.32. The van der Waals surface area contributed by atoms with Gasteiger partial charge in [-0.3, -0.25) is 10.1 Å². The molecule has 0 amide bonds. The van der Waals surface area contributed by atoms with E-state index < -0.39 is 4.92 Å². The summed E-state index contributed by atoms with van der Waals surface area (Å²) < 4.78 is 0. The van der Waals surface area contributed by atoms with E-state index in [1.165, 1.54) is 11.9 Å². The summed E-state index contributed by atoms with van der Waals surface area (Å²) >= 11 is 6.05. The number of benzene rings is 1. The van der Waals surface area contributed by atoms with Crippen molar-refractivity contribution >= 4 is 34.6 Å². The Labute approximate surface area is 160 Å². The van der Waals surface area contributed by atoms with Crippen molar-refractivity contribution in [3.05, 3.63) is 75.3 Å². The summed E-state index contributed by atoms with van der Waals surface area (Å²) in [7, 11) is 0. The molecule has 1 aliphatic rings. The summed E-state index contributed by atoms with van der Waals surface area (Å²) in [4.78, 5) is 25.5. The predicted octanol–water partition coefficient (Wildman–Crippen LogP) is 3.74. The molecule has 9 heteroatoms.